The Morgan fingerprint density at radius 1 is 0.528 bits per heavy atom. The molecular formula is C48H37N5. The van der Waals surface area contributed by atoms with Gasteiger partial charge in [-0.3, -0.25) is 9.13 Å². The molecule has 0 radical (unpaired) electrons. The Morgan fingerprint density at radius 3 is 1.64 bits per heavy atom. The smallest absolute Gasteiger partial charge is 0.145 e. The second-order valence-corrected chi connectivity index (χ2v) is 13.9. The molecule has 2 aromatic heterocycles. The highest BCUT2D eigenvalue weighted by Crippen LogP contribution is 2.44. The van der Waals surface area contributed by atoms with Gasteiger partial charge < -0.3 is 4.90 Å². The van der Waals surface area contributed by atoms with Crippen molar-refractivity contribution in [3.8, 4) is 34.2 Å². The third-order valence-electron chi connectivity index (χ3n) is 10.4. The number of anilines is 1. The van der Waals surface area contributed by atoms with Gasteiger partial charge in [0.15, 0.2) is 0 Å². The van der Waals surface area contributed by atoms with Crippen molar-refractivity contribution in [1.29, 1.82) is 0 Å². The van der Waals surface area contributed by atoms with Crippen LogP contribution in [0.5, 0.6) is 0 Å². The van der Waals surface area contributed by atoms with Crippen LogP contribution in [0.2, 0.25) is 0 Å². The van der Waals surface area contributed by atoms with E-state index in [0.29, 0.717) is 0 Å². The lowest BCUT2D eigenvalue weighted by atomic mass is 9.90. The predicted octanol–water partition coefficient (Wildman–Crippen LogP) is 11.7. The van der Waals surface area contributed by atoms with E-state index in [2.05, 4.69) is 191 Å². The molecule has 10 rings (SSSR count). The van der Waals surface area contributed by atoms with Crippen molar-refractivity contribution in [2.24, 2.45) is 0 Å². The Labute approximate surface area is 309 Å². The van der Waals surface area contributed by atoms with Crippen LogP contribution in [0.4, 0.5) is 5.69 Å². The third kappa shape index (κ3) is 5.32. The molecule has 0 saturated heterocycles. The number of allylic oxidation sites excluding steroid dienone is 4. The van der Waals surface area contributed by atoms with Crippen molar-refractivity contribution in [2.75, 3.05) is 4.90 Å². The van der Waals surface area contributed by atoms with Crippen molar-refractivity contribution in [2.45, 2.75) is 26.2 Å². The molecule has 0 saturated carbocycles. The first kappa shape index (κ1) is 31.1. The van der Waals surface area contributed by atoms with Gasteiger partial charge in [-0.05, 0) is 122 Å². The van der Waals surface area contributed by atoms with Crippen molar-refractivity contribution < 1.29 is 0 Å². The second kappa shape index (κ2) is 12.8. The van der Waals surface area contributed by atoms with E-state index in [9.17, 15) is 0 Å². The molecule has 6 aromatic carbocycles. The van der Waals surface area contributed by atoms with E-state index in [1.165, 1.54) is 28.2 Å². The Morgan fingerprint density at radius 2 is 1.06 bits per heavy atom. The fourth-order valence-electron chi connectivity index (χ4n) is 8.11. The summed E-state index contributed by atoms with van der Waals surface area (Å²) in [6, 6.07) is 53.8. The summed E-state index contributed by atoms with van der Waals surface area (Å²) in [5.41, 5.74) is 15.7. The molecule has 2 aliphatic rings. The Kier molecular flexibility index (Phi) is 7.50. The number of imidazole rings is 2. The summed E-state index contributed by atoms with van der Waals surface area (Å²) in [5.74, 6) is 1.78. The Balaban J connectivity index is 1.29. The minimum atomic E-state index is 0.879. The van der Waals surface area contributed by atoms with E-state index in [4.69, 9.17) is 9.97 Å². The summed E-state index contributed by atoms with van der Waals surface area (Å²) < 4.78 is 4.58. The number of aromatic nitrogens is 4. The summed E-state index contributed by atoms with van der Waals surface area (Å²) in [6.07, 6.45) is 9.92. The number of hydrogen-bond acceptors (Lipinski definition) is 3. The highest BCUT2D eigenvalue weighted by atomic mass is 15.2. The fourth-order valence-corrected chi connectivity index (χ4v) is 8.11. The van der Waals surface area contributed by atoms with E-state index >= 15 is 0 Å². The van der Waals surface area contributed by atoms with Gasteiger partial charge in [0.05, 0.1) is 27.8 Å². The van der Waals surface area contributed by atoms with Crippen molar-refractivity contribution in [1.82, 2.24) is 19.1 Å². The first-order valence-corrected chi connectivity index (χ1v) is 18.4. The number of rotatable bonds is 6. The van der Waals surface area contributed by atoms with E-state index in [1.807, 2.05) is 0 Å². The van der Waals surface area contributed by atoms with Crippen LogP contribution in [0.25, 0.3) is 61.9 Å². The lowest BCUT2D eigenvalue weighted by Gasteiger charge is -2.37. The summed E-state index contributed by atoms with van der Waals surface area (Å²) in [7, 11) is 0. The van der Waals surface area contributed by atoms with Crippen LogP contribution in [-0.4, -0.2) is 19.1 Å². The zero-order valence-corrected chi connectivity index (χ0v) is 29.5. The first-order valence-electron chi connectivity index (χ1n) is 18.4. The van der Waals surface area contributed by atoms with Gasteiger partial charge in [0, 0.05) is 33.9 Å². The van der Waals surface area contributed by atoms with Crippen LogP contribution in [-0.2, 0) is 6.42 Å². The summed E-state index contributed by atoms with van der Waals surface area (Å²) in [5, 5.41) is 0. The number of nitrogens with zero attached hydrogens (tertiary/aromatic N) is 5. The largest absolute Gasteiger partial charge is 0.310 e. The molecule has 0 atom stereocenters. The van der Waals surface area contributed by atoms with Gasteiger partial charge in [-0.1, -0.05) is 91.0 Å². The Bertz CT molecular complexity index is 2630. The number of hydrogen-bond donors (Lipinski definition) is 0. The molecule has 0 fully saturated rings. The molecular weight excluding hydrogens is 647 g/mol. The number of benzene rings is 6. The molecule has 0 spiro atoms. The van der Waals surface area contributed by atoms with Crippen LogP contribution in [0.3, 0.4) is 0 Å². The summed E-state index contributed by atoms with van der Waals surface area (Å²) in [6.45, 7) is 2.29. The topological polar surface area (TPSA) is 38.9 Å². The van der Waals surface area contributed by atoms with Gasteiger partial charge in [0.1, 0.15) is 11.6 Å². The maximum Gasteiger partial charge on any atom is 0.145 e. The Hall–Kier alpha value is -6.72. The molecule has 1 aliphatic carbocycles. The molecule has 5 nitrogen and oxygen atoms in total. The van der Waals surface area contributed by atoms with Gasteiger partial charge in [-0.15, -0.1) is 0 Å². The van der Waals surface area contributed by atoms with Gasteiger partial charge in [0.2, 0.25) is 0 Å². The summed E-state index contributed by atoms with van der Waals surface area (Å²) in [4.78, 5) is 13.2. The van der Waals surface area contributed by atoms with Gasteiger partial charge in [0.25, 0.3) is 0 Å². The molecule has 5 heteroatoms. The van der Waals surface area contributed by atoms with Crippen LogP contribution in [0.15, 0.2) is 181 Å². The van der Waals surface area contributed by atoms with Crippen molar-refractivity contribution >= 4 is 33.5 Å². The highest BCUT2D eigenvalue weighted by molar-refractivity contribution is 5.93. The third-order valence-corrected chi connectivity index (χ3v) is 10.4. The maximum absolute atomic E-state index is 5.35. The van der Waals surface area contributed by atoms with E-state index in [-0.39, 0.29) is 0 Å². The molecule has 254 valence electrons. The zero-order chi connectivity index (χ0) is 35.3. The number of para-hydroxylation sites is 7. The molecule has 0 bridgehead atoms. The molecule has 3 heterocycles. The van der Waals surface area contributed by atoms with Crippen LogP contribution in [0, 0.1) is 0 Å². The normalized spacial score (nSPS) is 14.2. The molecule has 0 amide bonds. The van der Waals surface area contributed by atoms with E-state index in [0.717, 1.165) is 81.0 Å². The minimum Gasteiger partial charge on any atom is -0.310 e. The van der Waals surface area contributed by atoms with Crippen LogP contribution >= 0.6 is 0 Å². The van der Waals surface area contributed by atoms with Gasteiger partial charge in [-0.2, -0.15) is 0 Å². The predicted molar refractivity (Wildman–Crippen MR) is 218 cm³/mol. The van der Waals surface area contributed by atoms with Gasteiger partial charge >= 0.3 is 0 Å². The average molecular weight is 684 g/mol. The molecule has 0 unspecified atom stereocenters. The molecule has 1 aliphatic heterocycles. The second-order valence-electron chi connectivity index (χ2n) is 13.9. The first-order chi connectivity index (χ1) is 26.2. The highest BCUT2D eigenvalue weighted by Gasteiger charge is 2.29. The lowest BCUT2D eigenvalue weighted by molar-refractivity contribution is 0.977. The van der Waals surface area contributed by atoms with Gasteiger partial charge in [-0.25, -0.2) is 9.97 Å². The fraction of sp³-hybridized carbons (Fsp3) is 0.0833. The van der Waals surface area contributed by atoms with Crippen LogP contribution < -0.4 is 4.90 Å². The van der Waals surface area contributed by atoms with E-state index < -0.39 is 0 Å². The molecule has 53 heavy (non-hydrogen) atoms. The van der Waals surface area contributed by atoms with Crippen molar-refractivity contribution in [3.05, 3.63) is 192 Å². The average Bonchev–Trinajstić information content (AvgIpc) is 3.81. The lowest BCUT2D eigenvalue weighted by Crippen LogP contribution is -2.26. The molecule has 8 aromatic rings. The maximum atomic E-state index is 5.35. The summed E-state index contributed by atoms with van der Waals surface area (Å²) >= 11 is 0. The minimum absolute atomic E-state index is 0.879. The molecule has 0 N–H and O–H groups in total. The quantitative estimate of drug-likeness (QED) is 0.175. The van der Waals surface area contributed by atoms with Crippen LogP contribution in [0.1, 0.15) is 30.9 Å². The SMILES string of the molecule is CC1=C(c2cc(-c3nc4ccccc4n3-c3ccccc3)cc(-c3nc4ccccc4n3-c3ccccc3)c2)N(C2=CCCC=C2)c2ccccc2C1. The standard InChI is InChI=1S/C48H37N5/c1-33-29-34-17-11-14-26-43(34)51(38-18-5-2-6-19-38)46(33)35-30-36(47-49-41-24-12-15-27-44(41)52(47)39-20-7-3-8-21-39)32-37(31-35)48-50-42-25-13-16-28-45(42)53(48)40-22-9-4-10-23-40/h3-5,7-28,30-32H,2,6,29H2,1H3. The zero-order valence-electron chi connectivity index (χ0n) is 29.5. The van der Waals surface area contributed by atoms with Crippen molar-refractivity contribution in [3.63, 3.8) is 0 Å². The van der Waals surface area contributed by atoms with E-state index in [1.54, 1.807) is 0 Å². The monoisotopic (exact) mass is 683 g/mol. The number of fused-ring (bicyclic) bond motifs is 3.